The maximum absolute atomic E-state index is 11.8. The monoisotopic (exact) mass is 278 g/mol. The summed E-state index contributed by atoms with van der Waals surface area (Å²) in [6, 6.07) is 9.39. The minimum atomic E-state index is -0.967. The van der Waals surface area contributed by atoms with Gasteiger partial charge in [-0.15, -0.1) is 0 Å². The number of likely N-dealkylation sites (tertiary alicyclic amines) is 1. The van der Waals surface area contributed by atoms with Crippen LogP contribution in [0.3, 0.4) is 0 Å². The first-order valence-electron chi connectivity index (χ1n) is 6.75. The van der Waals surface area contributed by atoms with Gasteiger partial charge in [0.25, 0.3) is 0 Å². The largest absolute Gasteiger partial charge is 0.513 e. The van der Waals surface area contributed by atoms with Crippen molar-refractivity contribution in [3.05, 3.63) is 35.9 Å². The Kier molecular flexibility index (Phi) is 3.81. The number of carboxylic acid groups (broad SMARTS) is 2. The molecule has 1 saturated heterocycles. The van der Waals surface area contributed by atoms with E-state index in [4.69, 9.17) is 0 Å². The highest BCUT2D eigenvalue weighted by atomic mass is 16.4. The van der Waals surface area contributed by atoms with Crippen LogP contribution in [0.4, 0.5) is 4.79 Å². The Labute approximate surface area is 118 Å². The number of piperidine rings is 1. The molecule has 1 unspecified atom stereocenters. The second kappa shape index (κ2) is 5.25. The summed E-state index contributed by atoms with van der Waals surface area (Å²) in [7, 11) is 0. The number of hydrogen-bond donors (Lipinski definition) is 2. The topological polar surface area (TPSA) is 74.6 Å². The Morgan fingerprint density at radius 3 is 2.45 bits per heavy atom. The SMILES string of the molecule is C[C@]1(C(=O)O)CCC[N+](Cc2ccccc2)(C(=O)O)C1. The molecule has 1 aliphatic heterocycles. The standard InChI is InChI=1S/C15H19NO4/c1-15(13(17)18)8-5-9-16(11-15,14(19)20)10-12-6-3-2-4-7-12/h2-4,6-7H,5,8-11H2,1H3,(H-,17,18,19,20)/p+1/t15-,16?/m0/s1. The van der Waals surface area contributed by atoms with E-state index in [0.717, 1.165) is 5.56 Å². The lowest BCUT2D eigenvalue weighted by atomic mass is 9.80. The van der Waals surface area contributed by atoms with Crippen molar-refractivity contribution in [1.29, 1.82) is 0 Å². The molecule has 20 heavy (non-hydrogen) atoms. The van der Waals surface area contributed by atoms with Crippen molar-refractivity contribution in [1.82, 2.24) is 0 Å². The molecule has 0 aliphatic carbocycles. The molecule has 0 aromatic heterocycles. The summed E-state index contributed by atoms with van der Waals surface area (Å²) in [4.78, 5) is 23.2. The highest BCUT2D eigenvalue weighted by Crippen LogP contribution is 2.35. The number of quaternary nitrogens is 1. The zero-order chi connectivity index (χ0) is 14.8. The van der Waals surface area contributed by atoms with Crippen molar-refractivity contribution in [3.63, 3.8) is 0 Å². The molecule has 1 amide bonds. The van der Waals surface area contributed by atoms with Gasteiger partial charge in [0.1, 0.15) is 18.5 Å². The highest BCUT2D eigenvalue weighted by Gasteiger charge is 2.51. The fraction of sp³-hybridized carbons (Fsp3) is 0.467. The lowest BCUT2D eigenvalue weighted by molar-refractivity contribution is -0.881. The van der Waals surface area contributed by atoms with Gasteiger partial charge >= 0.3 is 12.1 Å². The summed E-state index contributed by atoms with van der Waals surface area (Å²) >= 11 is 0. The Morgan fingerprint density at radius 1 is 1.25 bits per heavy atom. The van der Waals surface area contributed by atoms with Gasteiger partial charge in [0.05, 0.1) is 6.54 Å². The first-order valence-corrected chi connectivity index (χ1v) is 6.75. The van der Waals surface area contributed by atoms with Crippen LogP contribution in [0.15, 0.2) is 30.3 Å². The second-order valence-corrected chi connectivity index (χ2v) is 5.92. The smallest absolute Gasteiger partial charge is 0.481 e. The van der Waals surface area contributed by atoms with Crippen LogP contribution in [0.5, 0.6) is 0 Å². The van der Waals surface area contributed by atoms with Crippen LogP contribution in [0.25, 0.3) is 0 Å². The highest BCUT2D eigenvalue weighted by molar-refractivity contribution is 5.74. The number of carboxylic acids is 1. The zero-order valence-corrected chi connectivity index (χ0v) is 11.6. The third-order valence-corrected chi connectivity index (χ3v) is 4.22. The van der Waals surface area contributed by atoms with Crippen LogP contribution < -0.4 is 0 Å². The summed E-state index contributed by atoms with van der Waals surface area (Å²) in [6.45, 7) is 2.59. The van der Waals surface area contributed by atoms with Crippen molar-refractivity contribution in [2.24, 2.45) is 5.41 Å². The Hall–Kier alpha value is -1.88. The normalized spacial score (nSPS) is 29.9. The Morgan fingerprint density at radius 2 is 1.90 bits per heavy atom. The van der Waals surface area contributed by atoms with Gasteiger partial charge in [-0.1, -0.05) is 30.3 Å². The lowest BCUT2D eigenvalue weighted by Gasteiger charge is -2.42. The van der Waals surface area contributed by atoms with Crippen LogP contribution in [-0.2, 0) is 11.3 Å². The second-order valence-electron chi connectivity index (χ2n) is 5.92. The summed E-state index contributed by atoms with van der Waals surface area (Å²) in [5, 5.41) is 19.0. The molecule has 2 rings (SSSR count). The number of hydrogen-bond acceptors (Lipinski definition) is 2. The van der Waals surface area contributed by atoms with Crippen molar-refractivity contribution in [2.45, 2.75) is 26.3 Å². The van der Waals surface area contributed by atoms with Crippen LogP contribution >= 0.6 is 0 Å². The number of nitrogens with zero attached hydrogens (tertiary/aromatic N) is 1. The number of benzene rings is 1. The van der Waals surface area contributed by atoms with E-state index in [1.54, 1.807) is 6.92 Å². The van der Waals surface area contributed by atoms with Gasteiger partial charge in [0.15, 0.2) is 0 Å². The quantitative estimate of drug-likeness (QED) is 0.833. The maximum atomic E-state index is 11.8. The fourth-order valence-corrected chi connectivity index (χ4v) is 3.07. The third kappa shape index (κ3) is 2.67. The molecule has 1 aliphatic rings. The molecular weight excluding hydrogens is 258 g/mol. The van der Waals surface area contributed by atoms with Gasteiger partial charge in [-0.3, -0.25) is 4.79 Å². The van der Waals surface area contributed by atoms with Crippen molar-refractivity contribution in [2.75, 3.05) is 13.1 Å². The van der Waals surface area contributed by atoms with Crippen LogP contribution in [0, 0.1) is 5.41 Å². The molecule has 108 valence electrons. The predicted molar refractivity (Wildman–Crippen MR) is 73.1 cm³/mol. The molecule has 0 spiro atoms. The number of aliphatic carboxylic acids is 1. The van der Waals surface area contributed by atoms with Gasteiger partial charge < -0.3 is 10.2 Å². The van der Waals surface area contributed by atoms with E-state index in [1.165, 1.54) is 0 Å². The first kappa shape index (κ1) is 14.5. The van der Waals surface area contributed by atoms with E-state index in [0.29, 0.717) is 25.9 Å². The number of rotatable bonds is 3. The van der Waals surface area contributed by atoms with Crippen LogP contribution in [-0.4, -0.2) is 39.8 Å². The van der Waals surface area contributed by atoms with Gasteiger partial charge in [-0.25, -0.2) is 4.48 Å². The molecule has 1 fully saturated rings. The third-order valence-electron chi connectivity index (χ3n) is 4.22. The molecule has 2 N–H and O–H groups in total. The number of amides is 1. The van der Waals surface area contributed by atoms with Gasteiger partial charge in [0, 0.05) is 5.56 Å². The summed E-state index contributed by atoms with van der Waals surface area (Å²) in [6.07, 6.45) is 0.202. The molecule has 1 aromatic carbocycles. The van der Waals surface area contributed by atoms with E-state index in [9.17, 15) is 19.8 Å². The molecule has 1 heterocycles. The van der Waals surface area contributed by atoms with Crippen LogP contribution in [0.2, 0.25) is 0 Å². The Balaban J connectivity index is 2.31. The number of carbonyl (C=O) groups is 2. The molecule has 0 saturated carbocycles. The zero-order valence-electron chi connectivity index (χ0n) is 11.6. The summed E-state index contributed by atoms with van der Waals surface area (Å²) in [5.41, 5.74) is -0.0460. The van der Waals surface area contributed by atoms with Crippen molar-refractivity contribution in [3.8, 4) is 0 Å². The average Bonchev–Trinajstić information content (AvgIpc) is 2.39. The summed E-state index contributed by atoms with van der Waals surface area (Å²) < 4.78 is -0.202. The lowest BCUT2D eigenvalue weighted by Crippen LogP contribution is -2.61. The maximum Gasteiger partial charge on any atom is 0.513 e. The van der Waals surface area contributed by atoms with Crippen molar-refractivity contribution >= 4 is 12.1 Å². The predicted octanol–water partition coefficient (Wildman–Crippen LogP) is 2.57. The minimum absolute atomic E-state index is 0.132. The molecular formula is C15H20NO4+. The molecule has 5 nitrogen and oxygen atoms in total. The van der Waals surface area contributed by atoms with Crippen LogP contribution in [0.1, 0.15) is 25.3 Å². The Bertz CT molecular complexity index is 516. The molecule has 5 heteroatoms. The van der Waals surface area contributed by atoms with E-state index in [2.05, 4.69) is 0 Å². The van der Waals surface area contributed by atoms with E-state index >= 15 is 0 Å². The fourth-order valence-electron chi connectivity index (χ4n) is 3.07. The minimum Gasteiger partial charge on any atom is -0.481 e. The molecule has 0 bridgehead atoms. The van der Waals surface area contributed by atoms with E-state index in [1.807, 2.05) is 30.3 Å². The van der Waals surface area contributed by atoms with E-state index in [-0.39, 0.29) is 11.0 Å². The van der Waals surface area contributed by atoms with Gasteiger partial charge in [-0.05, 0) is 19.8 Å². The molecule has 1 aromatic rings. The molecule has 0 radical (unpaired) electrons. The van der Waals surface area contributed by atoms with Gasteiger partial charge in [0.2, 0.25) is 0 Å². The van der Waals surface area contributed by atoms with E-state index < -0.39 is 17.5 Å². The van der Waals surface area contributed by atoms with Crippen molar-refractivity contribution < 1.29 is 24.3 Å². The average molecular weight is 278 g/mol. The summed E-state index contributed by atoms with van der Waals surface area (Å²) in [5.74, 6) is -0.908. The first-order chi connectivity index (χ1) is 9.38. The van der Waals surface area contributed by atoms with Gasteiger partial charge in [-0.2, -0.15) is 4.79 Å². The molecule has 2 atom stereocenters.